The molecule has 6 nitrogen and oxygen atoms in total. The van der Waals surface area contributed by atoms with Crippen molar-refractivity contribution in [2.45, 2.75) is 11.8 Å². The molecule has 0 bridgehead atoms. The minimum absolute atomic E-state index is 0.0607. The Labute approximate surface area is 174 Å². The Balaban J connectivity index is 1.76. The zero-order chi connectivity index (χ0) is 21.0. The van der Waals surface area contributed by atoms with Crippen LogP contribution in [0.3, 0.4) is 0 Å². The van der Waals surface area contributed by atoms with Gasteiger partial charge in [-0.3, -0.25) is 9.52 Å². The molecule has 150 valence electrons. The molecule has 0 radical (unpaired) electrons. The molecule has 8 heteroatoms. The van der Waals surface area contributed by atoms with E-state index in [1.54, 1.807) is 36.4 Å². The number of benzene rings is 3. The van der Waals surface area contributed by atoms with Crippen molar-refractivity contribution in [3.05, 3.63) is 82.9 Å². The van der Waals surface area contributed by atoms with E-state index < -0.39 is 10.0 Å². The number of nitrogens with one attached hydrogen (secondary N) is 2. The Hall–Kier alpha value is -3.03. The van der Waals surface area contributed by atoms with Crippen LogP contribution < -0.4 is 14.8 Å². The normalized spacial score (nSPS) is 11.0. The van der Waals surface area contributed by atoms with Crippen LogP contribution in [-0.4, -0.2) is 21.4 Å². The van der Waals surface area contributed by atoms with E-state index >= 15 is 0 Å². The molecule has 29 heavy (non-hydrogen) atoms. The fraction of sp³-hybridized carbons (Fsp3) is 0.0952. The van der Waals surface area contributed by atoms with Crippen LogP contribution in [0, 0.1) is 6.92 Å². The number of aryl methyl sites for hydroxylation is 1. The van der Waals surface area contributed by atoms with Crippen molar-refractivity contribution in [1.29, 1.82) is 0 Å². The van der Waals surface area contributed by atoms with Gasteiger partial charge in [0.25, 0.3) is 15.9 Å². The Kier molecular flexibility index (Phi) is 6.10. The number of methoxy groups -OCH3 is 1. The van der Waals surface area contributed by atoms with Crippen LogP contribution in [0.1, 0.15) is 15.9 Å². The van der Waals surface area contributed by atoms with E-state index in [2.05, 4.69) is 10.0 Å². The summed E-state index contributed by atoms with van der Waals surface area (Å²) in [5, 5.41) is 3.25. The molecular formula is C21H19ClN2O4S. The van der Waals surface area contributed by atoms with Crippen LogP contribution in [0.2, 0.25) is 5.02 Å². The first kappa shape index (κ1) is 20.7. The smallest absolute Gasteiger partial charge is 0.262 e. The zero-order valence-electron chi connectivity index (χ0n) is 15.8. The van der Waals surface area contributed by atoms with Crippen molar-refractivity contribution in [2.75, 3.05) is 17.1 Å². The topological polar surface area (TPSA) is 84.5 Å². The highest BCUT2D eigenvalue weighted by molar-refractivity contribution is 7.92. The summed E-state index contributed by atoms with van der Waals surface area (Å²) >= 11 is 5.82. The highest BCUT2D eigenvalue weighted by Crippen LogP contribution is 2.28. The highest BCUT2D eigenvalue weighted by Gasteiger charge is 2.17. The highest BCUT2D eigenvalue weighted by atomic mass is 35.5. The Morgan fingerprint density at radius 3 is 2.24 bits per heavy atom. The summed E-state index contributed by atoms with van der Waals surface area (Å²) in [7, 11) is -2.35. The van der Waals surface area contributed by atoms with E-state index in [9.17, 15) is 13.2 Å². The van der Waals surface area contributed by atoms with Crippen molar-refractivity contribution >= 4 is 38.9 Å². The molecule has 3 aromatic rings. The van der Waals surface area contributed by atoms with E-state index in [-0.39, 0.29) is 10.8 Å². The molecule has 0 spiro atoms. The van der Waals surface area contributed by atoms with Gasteiger partial charge in [0.05, 0.1) is 17.7 Å². The van der Waals surface area contributed by atoms with Crippen LogP contribution in [0.15, 0.2) is 71.6 Å². The van der Waals surface area contributed by atoms with E-state index in [0.29, 0.717) is 27.7 Å². The number of halogens is 1. The molecular weight excluding hydrogens is 412 g/mol. The number of carbonyl (C=O) groups is 1. The maximum absolute atomic E-state index is 12.7. The number of hydrogen-bond donors (Lipinski definition) is 2. The predicted octanol–water partition coefficient (Wildman–Crippen LogP) is 4.71. The number of anilines is 2. The average Bonchev–Trinajstić information content (AvgIpc) is 2.69. The second-order valence-electron chi connectivity index (χ2n) is 6.29. The molecule has 3 aromatic carbocycles. The van der Waals surface area contributed by atoms with Gasteiger partial charge in [-0.15, -0.1) is 0 Å². The SMILES string of the molecule is COc1ccc(C)cc1NS(=O)(=O)c1ccc(NC(=O)c2ccc(Cl)cc2)cc1. The van der Waals surface area contributed by atoms with Gasteiger partial charge in [0.2, 0.25) is 0 Å². The second kappa shape index (κ2) is 8.55. The number of sulfonamides is 1. The standard InChI is InChI=1S/C21H19ClN2O4S/c1-14-3-12-20(28-2)19(13-14)24-29(26,27)18-10-8-17(9-11-18)23-21(25)15-4-6-16(22)7-5-15/h3-13,24H,1-2H3,(H,23,25). The van der Waals surface area contributed by atoms with Gasteiger partial charge in [0, 0.05) is 16.3 Å². The first-order valence-electron chi connectivity index (χ1n) is 8.63. The third kappa shape index (κ3) is 5.07. The van der Waals surface area contributed by atoms with E-state index in [4.69, 9.17) is 16.3 Å². The average molecular weight is 431 g/mol. The third-order valence-corrected chi connectivity index (χ3v) is 5.76. The number of ether oxygens (including phenoxy) is 1. The maximum Gasteiger partial charge on any atom is 0.262 e. The van der Waals surface area contributed by atoms with Crippen molar-refractivity contribution < 1.29 is 17.9 Å². The summed E-state index contributed by atoms with van der Waals surface area (Å²) in [4.78, 5) is 12.3. The molecule has 0 heterocycles. The van der Waals surface area contributed by atoms with Gasteiger partial charge in [-0.1, -0.05) is 17.7 Å². The lowest BCUT2D eigenvalue weighted by Crippen LogP contribution is -2.14. The van der Waals surface area contributed by atoms with Crippen molar-refractivity contribution in [3.63, 3.8) is 0 Å². The molecule has 0 fully saturated rings. The van der Waals surface area contributed by atoms with Crippen molar-refractivity contribution in [1.82, 2.24) is 0 Å². The summed E-state index contributed by atoms with van der Waals surface area (Å²) < 4.78 is 33.1. The molecule has 0 aliphatic carbocycles. The lowest BCUT2D eigenvalue weighted by atomic mass is 10.2. The lowest BCUT2D eigenvalue weighted by molar-refractivity contribution is 0.102. The van der Waals surface area contributed by atoms with Crippen LogP contribution in [0.25, 0.3) is 0 Å². The number of amides is 1. The van der Waals surface area contributed by atoms with Crippen LogP contribution in [0.5, 0.6) is 5.75 Å². The molecule has 0 saturated carbocycles. The molecule has 2 N–H and O–H groups in total. The van der Waals surface area contributed by atoms with Gasteiger partial charge in [0.1, 0.15) is 5.75 Å². The third-order valence-electron chi connectivity index (χ3n) is 4.13. The lowest BCUT2D eigenvalue weighted by Gasteiger charge is -2.13. The van der Waals surface area contributed by atoms with E-state index in [0.717, 1.165) is 5.56 Å². The molecule has 0 atom stereocenters. The fourth-order valence-corrected chi connectivity index (χ4v) is 3.81. The molecule has 1 amide bonds. The first-order valence-corrected chi connectivity index (χ1v) is 10.5. The van der Waals surface area contributed by atoms with Crippen molar-refractivity contribution in [2.24, 2.45) is 0 Å². The van der Waals surface area contributed by atoms with Gasteiger partial charge >= 0.3 is 0 Å². The minimum Gasteiger partial charge on any atom is -0.495 e. The van der Waals surface area contributed by atoms with Gasteiger partial charge in [-0.25, -0.2) is 8.42 Å². The molecule has 0 aromatic heterocycles. The Morgan fingerprint density at radius 1 is 0.966 bits per heavy atom. The first-order chi connectivity index (χ1) is 13.8. The van der Waals surface area contributed by atoms with Crippen molar-refractivity contribution in [3.8, 4) is 5.75 Å². The van der Waals surface area contributed by atoms with Gasteiger partial charge < -0.3 is 10.1 Å². The second-order valence-corrected chi connectivity index (χ2v) is 8.41. The molecule has 0 unspecified atom stereocenters. The maximum atomic E-state index is 12.7. The van der Waals surface area contributed by atoms with Crippen LogP contribution in [-0.2, 0) is 10.0 Å². The summed E-state index contributed by atoms with van der Waals surface area (Å²) in [6, 6.07) is 17.6. The summed E-state index contributed by atoms with van der Waals surface area (Å²) in [6.45, 7) is 1.86. The minimum atomic E-state index is -3.82. The van der Waals surface area contributed by atoms with Gasteiger partial charge in [-0.2, -0.15) is 0 Å². The quantitative estimate of drug-likeness (QED) is 0.593. The molecule has 0 saturated heterocycles. The van der Waals surface area contributed by atoms with Crippen LogP contribution in [0.4, 0.5) is 11.4 Å². The summed E-state index contributed by atoms with van der Waals surface area (Å²) in [5.74, 6) is 0.103. The Morgan fingerprint density at radius 2 is 1.62 bits per heavy atom. The predicted molar refractivity (Wildman–Crippen MR) is 114 cm³/mol. The Bertz CT molecular complexity index is 1130. The van der Waals surface area contributed by atoms with Gasteiger partial charge in [-0.05, 0) is 73.2 Å². The molecule has 3 rings (SSSR count). The fourth-order valence-electron chi connectivity index (χ4n) is 2.63. The molecule has 0 aliphatic heterocycles. The number of rotatable bonds is 6. The van der Waals surface area contributed by atoms with E-state index in [1.807, 2.05) is 13.0 Å². The number of hydrogen-bond acceptors (Lipinski definition) is 4. The zero-order valence-corrected chi connectivity index (χ0v) is 17.3. The van der Waals surface area contributed by atoms with E-state index in [1.165, 1.54) is 31.4 Å². The largest absolute Gasteiger partial charge is 0.495 e. The summed E-state index contributed by atoms with van der Waals surface area (Å²) in [5.41, 5.74) is 2.16. The monoisotopic (exact) mass is 430 g/mol. The summed E-state index contributed by atoms with van der Waals surface area (Å²) in [6.07, 6.45) is 0. The van der Waals surface area contributed by atoms with Crippen LogP contribution >= 0.6 is 11.6 Å². The number of carbonyl (C=O) groups excluding carboxylic acids is 1. The van der Waals surface area contributed by atoms with Gasteiger partial charge in [0.15, 0.2) is 0 Å². The molecule has 0 aliphatic rings.